The van der Waals surface area contributed by atoms with Gasteiger partial charge in [0.1, 0.15) is 0 Å². The number of benzene rings is 10. The molecule has 0 amide bonds. The summed E-state index contributed by atoms with van der Waals surface area (Å²) < 4.78 is 0. The molecule has 0 aliphatic rings. The first kappa shape index (κ1) is 33.2. The Bertz CT molecular complexity index is 2670. The van der Waals surface area contributed by atoms with E-state index in [4.69, 9.17) is 0 Å². The highest BCUT2D eigenvalue weighted by atomic mass is 15.1. The third-order valence-electron chi connectivity index (χ3n) is 10.8. The van der Waals surface area contributed by atoms with Gasteiger partial charge in [0, 0.05) is 33.5 Å². The molecule has 0 saturated heterocycles. The van der Waals surface area contributed by atoms with Crippen molar-refractivity contribution in [3.63, 3.8) is 0 Å². The summed E-state index contributed by atoms with van der Waals surface area (Å²) in [7, 11) is 0. The summed E-state index contributed by atoms with van der Waals surface area (Å²) >= 11 is 0. The predicted molar refractivity (Wildman–Crippen MR) is 239 cm³/mol. The second-order valence-electron chi connectivity index (χ2n) is 14.1. The number of hydrogen-bond donors (Lipinski definition) is 0. The Morgan fingerprint density at radius 1 is 0.179 bits per heavy atom. The van der Waals surface area contributed by atoms with Crippen LogP contribution in [0.15, 0.2) is 231 Å². The van der Waals surface area contributed by atoms with E-state index in [2.05, 4.69) is 240 Å². The number of fused-ring (bicyclic) bond motifs is 3. The predicted octanol–water partition coefficient (Wildman–Crippen LogP) is 15.4. The van der Waals surface area contributed by atoms with E-state index in [1.165, 1.54) is 54.6 Å². The molecule has 0 saturated carbocycles. The molecule has 0 aliphatic carbocycles. The summed E-state index contributed by atoms with van der Waals surface area (Å²) in [5, 5.41) is 7.30. The Kier molecular flexibility index (Phi) is 8.55. The molecule has 0 aromatic heterocycles. The molecular weight excluding hydrogens is 677 g/mol. The minimum atomic E-state index is 1.13. The van der Waals surface area contributed by atoms with E-state index in [0.29, 0.717) is 0 Å². The second-order valence-corrected chi connectivity index (χ2v) is 14.1. The van der Waals surface area contributed by atoms with E-state index < -0.39 is 0 Å². The van der Waals surface area contributed by atoms with Gasteiger partial charge in [0.15, 0.2) is 0 Å². The Morgan fingerprint density at radius 3 is 0.768 bits per heavy atom. The van der Waals surface area contributed by atoms with Gasteiger partial charge in [-0.2, -0.15) is 0 Å². The molecule has 0 radical (unpaired) electrons. The van der Waals surface area contributed by atoms with Gasteiger partial charge in [-0.1, -0.05) is 170 Å². The van der Waals surface area contributed by atoms with Gasteiger partial charge in [-0.05, 0) is 104 Å². The maximum absolute atomic E-state index is 2.36. The van der Waals surface area contributed by atoms with E-state index in [-0.39, 0.29) is 0 Å². The number of hydrogen-bond acceptors (Lipinski definition) is 2. The van der Waals surface area contributed by atoms with Gasteiger partial charge in [0.25, 0.3) is 0 Å². The van der Waals surface area contributed by atoms with Crippen LogP contribution in [0.2, 0.25) is 0 Å². The molecule has 0 N–H and O–H groups in total. The molecular formula is C54H38N2. The van der Waals surface area contributed by atoms with Crippen molar-refractivity contribution in [2.24, 2.45) is 0 Å². The molecule has 10 rings (SSSR count). The molecule has 0 spiro atoms. The van der Waals surface area contributed by atoms with Crippen molar-refractivity contribution in [3.8, 4) is 22.3 Å². The zero-order valence-corrected chi connectivity index (χ0v) is 30.8. The van der Waals surface area contributed by atoms with Gasteiger partial charge < -0.3 is 9.80 Å². The van der Waals surface area contributed by atoms with Crippen molar-refractivity contribution < 1.29 is 0 Å². The largest absolute Gasteiger partial charge is 0.310 e. The highest BCUT2D eigenvalue weighted by Crippen LogP contribution is 2.46. The highest BCUT2D eigenvalue weighted by Gasteiger charge is 2.20. The Morgan fingerprint density at radius 2 is 0.429 bits per heavy atom. The minimum absolute atomic E-state index is 1.13. The molecule has 0 heterocycles. The molecule has 0 atom stereocenters. The maximum atomic E-state index is 2.36. The second kappa shape index (κ2) is 14.4. The topological polar surface area (TPSA) is 6.48 Å². The van der Waals surface area contributed by atoms with E-state index in [0.717, 1.165) is 34.1 Å². The average molecular weight is 715 g/mol. The quantitative estimate of drug-likeness (QED) is 0.155. The third-order valence-corrected chi connectivity index (χ3v) is 10.8. The van der Waals surface area contributed by atoms with E-state index in [1.54, 1.807) is 0 Å². The first-order valence-electron chi connectivity index (χ1n) is 19.2. The molecule has 56 heavy (non-hydrogen) atoms. The summed E-state index contributed by atoms with van der Waals surface area (Å²) in [6.45, 7) is 0. The lowest BCUT2D eigenvalue weighted by Crippen LogP contribution is -2.10. The summed E-state index contributed by atoms with van der Waals surface area (Å²) in [6, 6.07) is 83.0. The zero-order valence-electron chi connectivity index (χ0n) is 30.8. The molecule has 10 aromatic rings. The van der Waals surface area contributed by atoms with Crippen molar-refractivity contribution >= 4 is 66.4 Å². The Balaban J connectivity index is 1.14. The van der Waals surface area contributed by atoms with Crippen molar-refractivity contribution in [2.45, 2.75) is 0 Å². The molecule has 0 fully saturated rings. The van der Waals surface area contributed by atoms with Crippen LogP contribution in [0, 0.1) is 0 Å². The van der Waals surface area contributed by atoms with Crippen LogP contribution in [-0.2, 0) is 0 Å². The lowest BCUT2D eigenvalue weighted by atomic mass is 9.89. The van der Waals surface area contributed by atoms with Crippen molar-refractivity contribution in [1.82, 2.24) is 0 Å². The van der Waals surface area contributed by atoms with E-state index in [9.17, 15) is 0 Å². The highest BCUT2D eigenvalue weighted by molar-refractivity contribution is 6.15. The fourth-order valence-electron chi connectivity index (χ4n) is 8.37. The molecule has 0 bridgehead atoms. The Hall–Kier alpha value is -7.42. The van der Waals surface area contributed by atoms with Crippen molar-refractivity contribution in [1.29, 1.82) is 0 Å². The van der Waals surface area contributed by atoms with Crippen LogP contribution in [0.25, 0.3) is 54.6 Å². The van der Waals surface area contributed by atoms with Gasteiger partial charge in [-0.25, -0.2) is 0 Å². The lowest BCUT2D eigenvalue weighted by molar-refractivity contribution is 1.30. The van der Waals surface area contributed by atoms with Gasteiger partial charge in [-0.3, -0.25) is 0 Å². The molecule has 2 heteroatoms. The van der Waals surface area contributed by atoms with Crippen LogP contribution in [-0.4, -0.2) is 0 Å². The standard InChI is InChI=1S/C54H38N2/c1-5-19-39(20-6-1)55(40-21-7-2-8-22-40)53-37-35-49(47-27-13-15-29-51(47)53)45-33-17-32-44-43(45)31-18-34-46(44)50-36-38-54(52-30-16-14-28-48(50)52)56(41-23-9-3-10-24-41)42-25-11-4-12-26-42/h1-38H. The lowest BCUT2D eigenvalue weighted by Gasteiger charge is -2.27. The maximum Gasteiger partial charge on any atom is 0.0540 e. The third kappa shape index (κ3) is 5.85. The van der Waals surface area contributed by atoms with Crippen LogP contribution in [0.3, 0.4) is 0 Å². The van der Waals surface area contributed by atoms with Crippen LogP contribution in [0.4, 0.5) is 34.1 Å². The fourth-order valence-corrected chi connectivity index (χ4v) is 8.37. The smallest absolute Gasteiger partial charge is 0.0540 e. The molecule has 2 nitrogen and oxygen atoms in total. The van der Waals surface area contributed by atoms with Gasteiger partial charge >= 0.3 is 0 Å². The van der Waals surface area contributed by atoms with Crippen LogP contribution < -0.4 is 9.80 Å². The summed E-state index contributed by atoms with van der Waals surface area (Å²) in [4.78, 5) is 4.72. The van der Waals surface area contributed by atoms with Crippen LogP contribution in [0.1, 0.15) is 0 Å². The van der Waals surface area contributed by atoms with Gasteiger partial charge in [0.05, 0.1) is 11.4 Å². The van der Waals surface area contributed by atoms with Crippen LogP contribution >= 0.6 is 0 Å². The van der Waals surface area contributed by atoms with Crippen molar-refractivity contribution in [3.05, 3.63) is 231 Å². The van der Waals surface area contributed by atoms with E-state index >= 15 is 0 Å². The summed E-state index contributed by atoms with van der Waals surface area (Å²) in [5.74, 6) is 0. The summed E-state index contributed by atoms with van der Waals surface area (Å²) in [6.07, 6.45) is 0. The van der Waals surface area contributed by atoms with Gasteiger partial charge in [0.2, 0.25) is 0 Å². The number of para-hydroxylation sites is 4. The van der Waals surface area contributed by atoms with Crippen LogP contribution in [0.5, 0.6) is 0 Å². The zero-order chi connectivity index (χ0) is 37.3. The monoisotopic (exact) mass is 714 g/mol. The SMILES string of the molecule is c1ccc(N(c2ccccc2)c2ccc(-c3cccc4c(-c5ccc(N(c6ccccc6)c6ccccc6)c6ccccc56)cccc34)c3ccccc23)cc1. The minimum Gasteiger partial charge on any atom is -0.310 e. The van der Waals surface area contributed by atoms with Crippen molar-refractivity contribution in [2.75, 3.05) is 9.80 Å². The molecule has 0 aliphatic heterocycles. The molecule has 0 unspecified atom stereocenters. The average Bonchev–Trinajstić information content (AvgIpc) is 3.28. The number of rotatable bonds is 8. The first-order chi connectivity index (χ1) is 27.8. The molecule has 264 valence electrons. The number of anilines is 6. The van der Waals surface area contributed by atoms with E-state index in [1.807, 2.05) is 0 Å². The normalized spacial score (nSPS) is 11.2. The summed E-state index contributed by atoms with van der Waals surface area (Å²) in [5.41, 5.74) is 11.7. The number of nitrogens with zero attached hydrogens (tertiary/aromatic N) is 2. The van der Waals surface area contributed by atoms with Gasteiger partial charge in [-0.15, -0.1) is 0 Å². The fraction of sp³-hybridized carbons (Fsp3) is 0. The molecule has 10 aromatic carbocycles. The Labute approximate surface area is 327 Å². The first-order valence-corrected chi connectivity index (χ1v) is 19.2.